The summed E-state index contributed by atoms with van der Waals surface area (Å²) in [5, 5.41) is 1.56. The molecule has 1 unspecified atom stereocenters. The quantitative estimate of drug-likeness (QED) is 0.517. The normalized spacial score (nSPS) is 15.8. The van der Waals surface area contributed by atoms with Gasteiger partial charge < -0.3 is 14.6 Å². The second-order valence-corrected chi connectivity index (χ2v) is 8.72. The van der Waals surface area contributed by atoms with E-state index < -0.39 is 0 Å². The molecule has 1 N–H and O–H groups in total. The molecule has 1 aliphatic rings. The lowest BCUT2D eigenvalue weighted by molar-refractivity contribution is 0.0977. The van der Waals surface area contributed by atoms with Gasteiger partial charge in [0.1, 0.15) is 5.69 Å². The summed E-state index contributed by atoms with van der Waals surface area (Å²) < 4.78 is 5.36. The number of nitrogens with one attached hydrogen (secondary N) is 1. The van der Waals surface area contributed by atoms with E-state index >= 15 is 0 Å². The summed E-state index contributed by atoms with van der Waals surface area (Å²) in [4.78, 5) is 33.4. The van der Waals surface area contributed by atoms with Crippen LogP contribution in [0.2, 0.25) is 5.02 Å². The third kappa shape index (κ3) is 3.62. The van der Waals surface area contributed by atoms with E-state index in [9.17, 15) is 9.59 Å². The van der Waals surface area contributed by atoms with Gasteiger partial charge in [-0.25, -0.2) is 4.79 Å². The maximum absolute atomic E-state index is 13.8. The van der Waals surface area contributed by atoms with Gasteiger partial charge in [-0.3, -0.25) is 9.69 Å². The minimum atomic E-state index is -0.382. The topological polar surface area (TPSA) is 65.6 Å². The van der Waals surface area contributed by atoms with Crippen molar-refractivity contribution in [2.45, 2.75) is 47.1 Å². The number of carbonyl (C=O) groups excluding carboxylic acids is 2. The van der Waals surface area contributed by atoms with Gasteiger partial charge in [-0.15, -0.1) is 0 Å². The number of nitrogens with zero attached hydrogens (tertiary/aromatic N) is 2. The number of aromatic amines is 1. The number of H-pyrrole nitrogens is 1. The predicted molar refractivity (Wildman–Crippen MR) is 129 cm³/mol. The average Bonchev–Trinajstić information content (AvgIpc) is 3.09. The number of amides is 2. The van der Waals surface area contributed by atoms with Crippen molar-refractivity contribution in [2.24, 2.45) is 0 Å². The van der Waals surface area contributed by atoms with Gasteiger partial charge in [-0.1, -0.05) is 18.5 Å². The molecule has 2 aromatic carbocycles. The van der Waals surface area contributed by atoms with Crippen LogP contribution < -0.4 is 9.80 Å². The van der Waals surface area contributed by atoms with Crippen molar-refractivity contribution in [3.05, 3.63) is 57.7 Å². The number of fused-ring (bicyclic) bond motifs is 2. The number of anilines is 2. The fraction of sp³-hybridized carbons (Fsp3) is 0.360. The zero-order valence-electron chi connectivity index (χ0n) is 19.1. The molecule has 2 heterocycles. The first-order valence-electron chi connectivity index (χ1n) is 10.9. The highest BCUT2D eigenvalue weighted by molar-refractivity contribution is 6.31. The second kappa shape index (κ2) is 8.51. The Morgan fingerprint density at radius 3 is 2.44 bits per heavy atom. The van der Waals surface area contributed by atoms with Crippen LogP contribution in [0.5, 0.6) is 0 Å². The average molecular weight is 454 g/mol. The Bertz CT molecular complexity index is 1220. The van der Waals surface area contributed by atoms with Crippen LogP contribution in [-0.2, 0) is 4.74 Å². The number of halogens is 1. The van der Waals surface area contributed by atoms with E-state index in [1.807, 2.05) is 52.0 Å². The maximum atomic E-state index is 13.8. The third-order valence-electron chi connectivity index (χ3n) is 6.31. The summed E-state index contributed by atoms with van der Waals surface area (Å²) >= 11 is 6.18. The molecule has 1 atom stereocenters. The first-order chi connectivity index (χ1) is 15.3. The van der Waals surface area contributed by atoms with E-state index in [1.54, 1.807) is 22.8 Å². The van der Waals surface area contributed by atoms with Gasteiger partial charge in [-0.05, 0) is 81.1 Å². The summed E-state index contributed by atoms with van der Waals surface area (Å²) in [7, 11) is 0. The zero-order valence-corrected chi connectivity index (χ0v) is 19.8. The molecular weight excluding hydrogens is 426 g/mol. The molecule has 0 radical (unpaired) electrons. The van der Waals surface area contributed by atoms with Gasteiger partial charge in [0.25, 0.3) is 5.91 Å². The molecule has 2 amide bonds. The number of rotatable bonds is 3. The van der Waals surface area contributed by atoms with Crippen LogP contribution in [0.4, 0.5) is 16.2 Å². The fourth-order valence-corrected chi connectivity index (χ4v) is 4.55. The molecule has 0 saturated heterocycles. The highest BCUT2D eigenvalue weighted by atomic mass is 35.5. The van der Waals surface area contributed by atoms with Crippen molar-refractivity contribution in [2.75, 3.05) is 23.0 Å². The molecule has 6 nitrogen and oxygen atoms in total. The molecule has 0 aliphatic carbocycles. The van der Waals surface area contributed by atoms with E-state index in [0.717, 1.165) is 27.6 Å². The van der Waals surface area contributed by atoms with E-state index in [2.05, 4.69) is 4.98 Å². The van der Waals surface area contributed by atoms with E-state index in [-0.39, 0.29) is 18.0 Å². The van der Waals surface area contributed by atoms with Crippen LogP contribution in [0.3, 0.4) is 0 Å². The van der Waals surface area contributed by atoms with Crippen molar-refractivity contribution in [1.82, 2.24) is 4.98 Å². The van der Waals surface area contributed by atoms with Gasteiger partial charge in [0.2, 0.25) is 0 Å². The standard InChI is InChI=1S/C25H28ClN3O3/c1-6-18-13-28(24(30)23-16(5)19-12-17(26)8-9-20(19)27-23)21-10-14(3)15(4)11-22(21)29(18)25(31)32-7-2/h8-12,18,27H,6-7,13H2,1-5H3. The van der Waals surface area contributed by atoms with Crippen molar-refractivity contribution in [3.63, 3.8) is 0 Å². The lowest BCUT2D eigenvalue weighted by Gasteiger charge is -2.42. The third-order valence-corrected chi connectivity index (χ3v) is 6.55. The van der Waals surface area contributed by atoms with Crippen molar-refractivity contribution in [1.29, 1.82) is 0 Å². The number of carbonyl (C=O) groups is 2. The Morgan fingerprint density at radius 1 is 1.09 bits per heavy atom. The van der Waals surface area contributed by atoms with Crippen LogP contribution in [0.15, 0.2) is 30.3 Å². The maximum Gasteiger partial charge on any atom is 0.414 e. The smallest absolute Gasteiger partial charge is 0.414 e. The van der Waals surface area contributed by atoms with Gasteiger partial charge in [-0.2, -0.15) is 0 Å². The summed E-state index contributed by atoms with van der Waals surface area (Å²) in [6.45, 7) is 10.4. The van der Waals surface area contributed by atoms with Crippen molar-refractivity contribution in [3.8, 4) is 0 Å². The molecule has 1 aromatic heterocycles. The van der Waals surface area contributed by atoms with E-state index in [1.165, 1.54) is 0 Å². The van der Waals surface area contributed by atoms with Gasteiger partial charge in [0.05, 0.1) is 24.0 Å². The molecule has 4 rings (SSSR count). The lowest BCUT2D eigenvalue weighted by Crippen LogP contribution is -2.53. The molecule has 1 aliphatic heterocycles. The number of hydrogen-bond donors (Lipinski definition) is 1. The van der Waals surface area contributed by atoms with Gasteiger partial charge in [0.15, 0.2) is 0 Å². The molecule has 0 spiro atoms. The zero-order chi connectivity index (χ0) is 23.2. The summed E-state index contributed by atoms with van der Waals surface area (Å²) in [5.74, 6) is -0.124. The Morgan fingerprint density at radius 2 is 1.78 bits per heavy atom. The highest BCUT2D eigenvalue weighted by Gasteiger charge is 2.38. The minimum absolute atomic E-state index is 0.124. The van der Waals surface area contributed by atoms with Crippen molar-refractivity contribution >= 4 is 45.9 Å². The van der Waals surface area contributed by atoms with Crippen molar-refractivity contribution < 1.29 is 14.3 Å². The van der Waals surface area contributed by atoms with Crippen LogP contribution >= 0.6 is 11.6 Å². The monoisotopic (exact) mass is 453 g/mol. The lowest BCUT2D eigenvalue weighted by atomic mass is 10.00. The molecule has 0 fully saturated rings. The minimum Gasteiger partial charge on any atom is -0.449 e. The van der Waals surface area contributed by atoms with E-state index in [0.29, 0.717) is 41.7 Å². The molecule has 32 heavy (non-hydrogen) atoms. The number of benzene rings is 2. The van der Waals surface area contributed by atoms with Crippen LogP contribution in [-0.4, -0.2) is 36.2 Å². The summed E-state index contributed by atoms with van der Waals surface area (Å²) in [6.07, 6.45) is 0.309. The number of aryl methyl sites for hydroxylation is 3. The first-order valence-corrected chi connectivity index (χ1v) is 11.3. The van der Waals surface area contributed by atoms with E-state index in [4.69, 9.17) is 16.3 Å². The predicted octanol–water partition coefficient (Wildman–Crippen LogP) is 6.15. The summed E-state index contributed by atoms with van der Waals surface area (Å²) in [5.41, 5.74) is 5.79. The first kappa shape index (κ1) is 22.2. The van der Waals surface area contributed by atoms with Crippen LogP contribution in [0.1, 0.15) is 47.4 Å². The molecule has 0 bridgehead atoms. The number of hydrogen-bond acceptors (Lipinski definition) is 3. The molecular formula is C25H28ClN3O3. The molecule has 0 saturated carbocycles. The molecule has 3 aromatic rings. The highest BCUT2D eigenvalue weighted by Crippen LogP contribution is 2.40. The van der Waals surface area contributed by atoms with Gasteiger partial charge >= 0.3 is 6.09 Å². The Balaban J connectivity index is 1.85. The second-order valence-electron chi connectivity index (χ2n) is 8.29. The molecule has 168 valence electrons. The van der Waals surface area contributed by atoms with Crippen LogP contribution in [0.25, 0.3) is 10.9 Å². The Labute approximate surface area is 193 Å². The number of ether oxygens (including phenoxy) is 1. The SMILES string of the molecule is CCOC(=O)N1c2cc(C)c(C)cc2N(C(=O)c2[nH]c3ccc(Cl)cc3c2C)CC1CC. The number of aromatic nitrogens is 1. The van der Waals surface area contributed by atoms with Gasteiger partial charge in [0, 0.05) is 22.5 Å². The van der Waals surface area contributed by atoms with Crippen LogP contribution in [0, 0.1) is 20.8 Å². The summed E-state index contributed by atoms with van der Waals surface area (Å²) in [6, 6.07) is 9.33. The Hall–Kier alpha value is -2.99. The largest absolute Gasteiger partial charge is 0.449 e. The fourth-order valence-electron chi connectivity index (χ4n) is 4.37. The molecule has 7 heteroatoms. The Kier molecular flexibility index (Phi) is 5.91.